The molecule has 3 nitrogen and oxygen atoms in total. The number of rotatable bonds is 5. The molecule has 0 aromatic carbocycles. The zero-order chi connectivity index (χ0) is 12.8. The van der Waals surface area contributed by atoms with Crippen LogP contribution in [0.1, 0.15) is 39.0 Å². The molecule has 2 saturated heterocycles. The molecule has 0 spiro atoms. The highest BCUT2D eigenvalue weighted by Gasteiger charge is 2.28. The van der Waals surface area contributed by atoms with Gasteiger partial charge in [-0.15, -0.1) is 0 Å². The van der Waals surface area contributed by atoms with Gasteiger partial charge in [0, 0.05) is 19.1 Å². The minimum atomic E-state index is 0.359. The van der Waals surface area contributed by atoms with Gasteiger partial charge < -0.3 is 4.90 Å². The molecule has 0 aromatic heterocycles. The molecule has 2 aliphatic rings. The van der Waals surface area contributed by atoms with Crippen molar-refractivity contribution in [1.82, 2.24) is 9.80 Å². The number of hydrogen-bond acceptors (Lipinski definition) is 3. The van der Waals surface area contributed by atoms with Gasteiger partial charge in [-0.2, -0.15) is 11.8 Å². The molecule has 104 valence electrons. The normalized spacial score (nSPS) is 25.6. The van der Waals surface area contributed by atoms with E-state index in [0.717, 1.165) is 25.3 Å². The molecule has 0 aromatic rings. The van der Waals surface area contributed by atoms with Gasteiger partial charge in [-0.25, -0.2) is 0 Å². The minimum absolute atomic E-state index is 0.359. The van der Waals surface area contributed by atoms with Crippen molar-refractivity contribution in [3.63, 3.8) is 0 Å². The molecule has 2 aliphatic heterocycles. The van der Waals surface area contributed by atoms with Crippen molar-refractivity contribution in [1.29, 1.82) is 0 Å². The highest BCUT2D eigenvalue weighted by atomic mass is 32.2. The van der Waals surface area contributed by atoms with Crippen LogP contribution < -0.4 is 0 Å². The van der Waals surface area contributed by atoms with Crippen LogP contribution in [0.15, 0.2) is 0 Å². The van der Waals surface area contributed by atoms with Crippen LogP contribution >= 0.6 is 11.8 Å². The zero-order valence-electron chi connectivity index (χ0n) is 11.6. The number of likely N-dealkylation sites (tertiary alicyclic amines) is 2. The number of carbonyl (C=O) groups excluding carboxylic acids is 1. The highest BCUT2D eigenvalue weighted by molar-refractivity contribution is 7.99. The fourth-order valence-corrected chi connectivity index (χ4v) is 3.77. The van der Waals surface area contributed by atoms with Crippen molar-refractivity contribution in [3.05, 3.63) is 0 Å². The van der Waals surface area contributed by atoms with Gasteiger partial charge in [0.1, 0.15) is 0 Å². The van der Waals surface area contributed by atoms with E-state index in [1.165, 1.54) is 38.8 Å². The van der Waals surface area contributed by atoms with Crippen molar-refractivity contribution < 1.29 is 4.79 Å². The number of amides is 1. The maximum Gasteiger partial charge on any atom is 0.232 e. The molecule has 2 heterocycles. The Morgan fingerprint density at radius 3 is 2.72 bits per heavy atom. The van der Waals surface area contributed by atoms with Crippen LogP contribution in [0.5, 0.6) is 0 Å². The second-order valence-corrected chi connectivity index (χ2v) is 6.54. The summed E-state index contributed by atoms with van der Waals surface area (Å²) in [4.78, 5) is 16.8. The molecular weight excluding hydrogens is 244 g/mol. The minimum Gasteiger partial charge on any atom is -0.340 e. The van der Waals surface area contributed by atoms with E-state index in [1.54, 1.807) is 11.8 Å². The van der Waals surface area contributed by atoms with E-state index < -0.39 is 0 Å². The molecule has 2 fully saturated rings. The van der Waals surface area contributed by atoms with E-state index in [-0.39, 0.29) is 0 Å². The number of piperidine rings is 1. The lowest BCUT2D eigenvalue weighted by Gasteiger charge is -2.37. The molecule has 0 aliphatic carbocycles. The van der Waals surface area contributed by atoms with Crippen LogP contribution in [0.4, 0.5) is 0 Å². The van der Waals surface area contributed by atoms with Crippen molar-refractivity contribution in [2.75, 3.05) is 37.7 Å². The zero-order valence-corrected chi connectivity index (χ0v) is 12.4. The first-order chi connectivity index (χ1) is 8.81. The topological polar surface area (TPSA) is 23.6 Å². The Morgan fingerprint density at radius 1 is 1.22 bits per heavy atom. The summed E-state index contributed by atoms with van der Waals surface area (Å²) in [6, 6.07) is 0.640. The van der Waals surface area contributed by atoms with Crippen molar-refractivity contribution in [2.45, 2.75) is 45.1 Å². The van der Waals surface area contributed by atoms with Gasteiger partial charge in [0.15, 0.2) is 0 Å². The Bertz CT molecular complexity index is 267. The van der Waals surface area contributed by atoms with Gasteiger partial charge in [-0.05, 0) is 50.9 Å². The summed E-state index contributed by atoms with van der Waals surface area (Å²) in [6.45, 7) is 6.62. The molecule has 0 bridgehead atoms. The lowest BCUT2D eigenvalue weighted by Crippen LogP contribution is -2.49. The number of hydrogen-bond donors (Lipinski definition) is 0. The SMILES string of the molecule is CCCSCC(=O)N1CCCC(N2CCCC2)C1. The van der Waals surface area contributed by atoms with Crippen LogP contribution in [-0.2, 0) is 4.79 Å². The van der Waals surface area contributed by atoms with E-state index in [4.69, 9.17) is 0 Å². The van der Waals surface area contributed by atoms with Gasteiger partial charge in [-0.1, -0.05) is 6.92 Å². The predicted molar refractivity (Wildman–Crippen MR) is 78.0 cm³/mol. The van der Waals surface area contributed by atoms with Crippen LogP contribution in [0.2, 0.25) is 0 Å². The summed E-state index contributed by atoms with van der Waals surface area (Å²) >= 11 is 1.78. The summed E-state index contributed by atoms with van der Waals surface area (Å²) in [6.07, 6.45) is 6.32. The lowest BCUT2D eigenvalue weighted by atomic mass is 10.0. The standard InChI is InChI=1S/C14H26N2OS/c1-2-10-18-12-14(17)16-9-5-6-13(11-16)15-7-3-4-8-15/h13H,2-12H2,1H3. The molecule has 4 heteroatoms. The third-order valence-corrected chi connectivity index (χ3v) is 5.13. The summed E-state index contributed by atoms with van der Waals surface area (Å²) in [5, 5.41) is 0. The molecule has 1 unspecified atom stereocenters. The van der Waals surface area contributed by atoms with E-state index in [0.29, 0.717) is 17.7 Å². The summed E-state index contributed by atoms with van der Waals surface area (Å²) in [5.41, 5.74) is 0. The van der Waals surface area contributed by atoms with E-state index in [9.17, 15) is 4.79 Å². The van der Waals surface area contributed by atoms with Crippen molar-refractivity contribution in [2.24, 2.45) is 0 Å². The fourth-order valence-electron chi connectivity index (χ4n) is 2.98. The van der Waals surface area contributed by atoms with Crippen molar-refractivity contribution >= 4 is 17.7 Å². The Kier molecular flexibility index (Phi) is 5.83. The average Bonchev–Trinajstić information content (AvgIpc) is 2.93. The first-order valence-electron chi connectivity index (χ1n) is 7.41. The lowest BCUT2D eigenvalue weighted by molar-refractivity contribution is -0.130. The Labute approximate surface area is 115 Å². The summed E-state index contributed by atoms with van der Waals surface area (Å²) < 4.78 is 0. The molecule has 0 saturated carbocycles. The maximum absolute atomic E-state index is 12.1. The molecule has 18 heavy (non-hydrogen) atoms. The molecule has 0 radical (unpaired) electrons. The van der Waals surface area contributed by atoms with Gasteiger partial charge in [0.2, 0.25) is 5.91 Å². The first-order valence-corrected chi connectivity index (χ1v) is 8.56. The third-order valence-electron chi connectivity index (χ3n) is 3.98. The van der Waals surface area contributed by atoms with E-state index in [2.05, 4.69) is 16.7 Å². The second-order valence-electron chi connectivity index (χ2n) is 5.43. The number of nitrogens with zero attached hydrogens (tertiary/aromatic N) is 2. The van der Waals surface area contributed by atoms with Crippen LogP contribution in [0.3, 0.4) is 0 Å². The van der Waals surface area contributed by atoms with Gasteiger partial charge >= 0.3 is 0 Å². The maximum atomic E-state index is 12.1. The molecule has 1 amide bonds. The Balaban J connectivity index is 1.76. The largest absolute Gasteiger partial charge is 0.340 e. The smallest absolute Gasteiger partial charge is 0.232 e. The molecule has 2 rings (SSSR count). The quantitative estimate of drug-likeness (QED) is 0.716. The van der Waals surface area contributed by atoms with E-state index >= 15 is 0 Å². The average molecular weight is 270 g/mol. The van der Waals surface area contributed by atoms with E-state index in [1.807, 2.05) is 0 Å². The fraction of sp³-hybridized carbons (Fsp3) is 0.929. The first kappa shape index (κ1) is 14.2. The number of carbonyl (C=O) groups is 1. The van der Waals surface area contributed by atoms with Gasteiger partial charge in [0.05, 0.1) is 5.75 Å². The van der Waals surface area contributed by atoms with Crippen LogP contribution in [0.25, 0.3) is 0 Å². The molecular formula is C14H26N2OS. The molecule has 1 atom stereocenters. The molecule has 0 N–H and O–H groups in total. The van der Waals surface area contributed by atoms with Gasteiger partial charge in [0.25, 0.3) is 0 Å². The summed E-state index contributed by atoms with van der Waals surface area (Å²) in [7, 11) is 0. The Hall–Kier alpha value is -0.220. The monoisotopic (exact) mass is 270 g/mol. The highest BCUT2D eigenvalue weighted by Crippen LogP contribution is 2.21. The summed E-state index contributed by atoms with van der Waals surface area (Å²) in [5.74, 6) is 2.15. The Morgan fingerprint density at radius 2 is 2.00 bits per heavy atom. The van der Waals surface area contributed by atoms with Gasteiger partial charge in [-0.3, -0.25) is 9.69 Å². The van der Waals surface area contributed by atoms with Crippen molar-refractivity contribution in [3.8, 4) is 0 Å². The third kappa shape index (κ3) is 3.89. The second kappa shape index (κ2) is 7.39. The van der Waals surface area contributed by atoms with Crippen LogP contribution in [-0.4, -0.2) is 59.4 Å². The predicted octanol–water partition coefficient (Wildman–Crippen LogP) is 2.22. The van der Waals surface area contributed by atoms with Crippen LogP contribution in [0, 0.1) is 0 Å². The number of thioether (sulfide) groups is 1.